The number of carbonyl (C=O) groups excluding carboxylic acids is 2. The molecule has 25 heavy (non-hydrogen) atoms. The Morgan fingerprint density at radius 1 is 1.36 bits per heavy atom. The van der Waals surface area contributed by atoms with Crippen LogP contribution in [0.4, 0.5) is 0 Å². The van der Waals surface area contributed by atoms with E-state index in [4.69, 9.17) is 4.74 Å². The van der Waals surface area contributed by atoms with E-state index >= 15 is 0 Å². The van der Waals surface area contributed by atoms with E-state index < -0.39 is 29.2 Å². The smallest absolute Gasteiger partial charge is 0.330 e. The summed E-state index contributed by atoms with van der Waals surface area (Å²) in [6.45, 7) is 10.8. The highest BCUT2D eigenvalue weighted by Crippen LogP contribution is 2.54. The number of esters is 1. The number of ether oxygens (including phenoxy) is 1. The number of ketones is 1. The zero-order chi connectivity index (χ0) is 19.0. The van der Waals surface area contributed by atoms with Gasteiger partial charge in [-0.05, 0) is 52.5 Å². The molecule has 0 aromatic carbocycles. The van der Waals surface area contributed by atoms with E-state index in [9.17, 15) is 19.8 Å². The van der Waals surface area contributed by atoms with Crippen molar-refractivity contribution in [3.05, 3.63) is 24.3 Å². The number of Topliss-reactive ketones (excluding diaryl/α,β-unsaturated/α-hetero) is 1. The Bertz CT molecular complexity index is 585. The molecule has 2 aliphatic carbocycles. The standard InChI is InChI=1S/C20H30O5/c1-12-6-7-15(22)20(5)11-8-14(13(2)21)18(17(12)20)25-16(23)9-10-19(3,4)24/h9-10,14-15,17-18,22,24H,1,6-8,11H2,2-5H3/b10-9+/t14-,15-,17-,18+,20+/m1/s1. The zero-order valence-electron chi connectivity index (χ0n) is 15.6. The molecule has 0 aliphatic heterocycles. The van der Waals surface area contributed by atoms with Crippen molar-refractivity contribution >= 4 is 11.8 Å². The van der Waals surface area contributed by atoms with Gasteiger partial charge in [0.05, 0.1) is 17.6 Å². The Kier molecular flexibility index (Phi) is 5.59. The summed E-state index contributed by atoms with van der Waals surface area (Å²) in [5.41, 5.74) is -0.625. The lowest BCUT2D eigenvalue weighted by Gasteiger charge is -2.53. The Balaban J connectivity index is 2.31. The Morgan fingerprint density at radius 3 is 2.56 bits per heavy atom. The van der Waals surface area contributed by atoms with Gasteiger partial charge in [0.15, 0.2) is 0 Å². The monoisotopic (exact) mass is 350 g/mol. The summed E-state index contributed by atoms with van der Waals surface area (Å²) < 4.78 is 5.68. The number of aliphatic hydroxyl groups excluding tert-OH is 1. The van der Waals surface area contributed by atoms with Crippen LogP contribution in [0.15, 0.2) is 24.3 Å². The highest BCUT2D eigenvalue weighted by atomic mass is 16.5. The van der Waals surface area contributed by atoms with E-state index in [1.807, 2.05) is 6.92 Å². The fourth-order valence-corrected chi connectivity index (χ4v) is 4.30. The van der Waals surface area contributed by atoms with Gasteiger partial charge in [-0.2, -0.15) is 0 Å². The molecule has 2 aliphatic rings. The summed E-state index contributed by atoms with van der Waals surface area (Å²) in [6, 6.07) is 0. The topological polar surface area (TPSA) is 83.8 Å². The molecule has 2 rings (SSSR count). The van der Waals surface area contributed by atoms with Crippen LogP contribution < -0.4 is 0 Å². The molecule has 2 fully saturated rings. The number of rotatable bonds is 4. The molecule has 140 valence electrons. The minimum absolute atomic E-state index is 0.0146. The summed E-state index contributed by atoms with van der Waals surface area (Å²) in [5, 5.41) is 20.3. The number of aliphatic hydroxyl groups is 2. The summed E-state index contributed by atoms with van der Waals surface area (Å²) in [4.78, 5) is 24.4. The van der Waals surface area contributed by atoms with E-state index in [-0.39, 0.29) is 17.6 Å². The molecule has 0 saturated heterocycles. The molecule has 2 saturated carbocycles. The van der Waals surface area contributed by atoms with Crippen LogP contribution in [-0.4, -0.2) is 39.8 Å². The highest BCUT2D eigenvalue weighted by molar-refractivity contribution is 5.84. The molecule has 0 bridgehead atoms. The van der Waals surface area contributed by atoms with Crippen molar-refractivity contribution in [3.63, 3.8) is 0 Å². The molecule has 0 aromatic rings. The van der Waals surface area contributed by atoms with Gasteiger partial charge in [0.1, 0.15) is 11.9 Å². The highest BCUT2D eigenvalue weighted by Gasteiger charge is 2.55. The van der Waals surface area contributed by atoms with Crippen LogP contribution >= 0.6 is 0 Å². The summed E-state index contributed by atoms with van der Waals surface area (Å²) >= 11 is 0. The summed E-state index contributed by atoms with van der Waals surface area (Å²) in [7, 11) is 0. The van der Waals surface area contributed by atoms with Gasteiger partial charge in [-0.1, -0.05) is 19.1 Å². The first-order valence-corrected chi connectivity index (χ1v) is 8.94. The van der Waals surface area contributed by atoms with E-state index in [1.54, 1.807) is 13.8 Å². The Labute approximate surface area is 149 Å². The van der Waals surface area contributed by atoms with Crippen LogP contribution in [0.2, 0.25) is 0 Å². The number of carbonyl (C=O) groups is 2. The van der Waals surface area contributed by atoms with E-state index in [0.29, 0.717) is 25.7 Å². The molecule has 2 N–H and O–H groups in total. The van der Waals surface area contributed by atoms with Crippen molar-refractivity contribution < 1.29 is 24.5 Å². The van der Waals surface area contributed by atoms with Gasteiger partial charge in [-0.25, -0.2) is 4.79 Å². The lowest BCUT2D eigenvalue weighted by molar-refractivity contribution is -0.168. The fourth-order valence-electron chi connectivity index (χ4n) is 4.30. The van der Waals surface area contributed by atoms with E-state index in [2.05, 4.69) is 6.58 Å². The summed E-state index contributed by atoms with van der Waals surface area (Å²) in [6.07, 6.45) is 4.04. The average molecular weight is 350 g/mol. The SMILES string of the molecule is C=C1CC[C@@H](O)[C@]2(C)CC[C@H](C(C)=O)[C@H](OC(=O)/C=C/C(C)(C)O)[C@@H]12. The quantitative estimate of drug-likeness (QED) is 0.462. The van der Waals surface area contributed by atoms with Crippen LogP contribution in [0.1, 0.15) is 53.4 Å². The summed E-state index contributed by atoms with van der Waals surface area (Å²) in [5.74, 6) is -1.23. The average Bonchev–Trinajstić information content (AvgIpc) is 2.48. The molecule has 0 aromatic heterocycles. The number of fused-ring (bicyclic) bond motifs is 1. The second-order valence-electron chi connectivity index (χ2n) is 8.34. The van der Waals surface area contributed by atoms with Gasteiger partial charge < -0.3 is 14.9 Å². The molecule has 0 radical (unpaired) electrons. The fraction of sp³-hybridized carbons (Fsp3) is 0.700. The molecule has 5 heteroatoms. The first kappa shape index (κ1) is 19.9. The lowest BCUT2D eigenvalue weighted by Crippen LogP contribution is -2.56. The Morgan fingerprint density at radius 2 is 2.00 bits per heavy atom. The second-order valence-corrected chi connectivity index (χ2v) is 8.34. The predicted octanol–water partition coefficient (Wildman–Crippen LogP) is 2.56. The van der Waals surface area contributed by atoms with Crippen LogP contribution in [0.25, 0.3) is 0 Å². The minimum Gasteiger partial charge on any atom is -0.458 e. The predicted molar refractivity (Wildman–Crippen MR) is 94.7 cm³/mol. The van der Waals surface area contributed by atoms with Gasteiger partial charge in [0, 0.05) is 17.4 Å². The maximum absolute atomic E-state index is 12.3. The Hall–Kier alpha value is -1.46. The van der Waals surface area contributed by atoms with Crippen LogP contribution in [0.5, 0.6) is 0 Å². The van der Waals surface area contributed by atoms with E-state index in [0.717, 1.165) is 5.57 Å². The van der Waals surface area contributed by atoms with E-state index in [1.165, 1.54) is 19.1 Å². The third-order valence-corrected chi connectivity index (χ3v) is 5.77. The van der Waals surface area contributed by atoms with Gasteiger partial charge in [0.2, 0.25) is 0 Å². The maximum Gasteiger partial charge on any atom is 0.330 e. The number of hydrogen-bond donors (Lipinski definition) is 2. The van der Waals surface area contributed by atoms with Gasteiger partial charge in [0.25, 0.3) is 0 Å². The molecule has 0 amide bonds. The normalized spacial score (nSPS) is 36.2. The third-order valence-electron chi connectivity index (χ3n) is 5.77. The van der Waals surface area contributed by atoms with Crippen LogP contribution in [0, 0.1) is 17.3 Å². The van der Waals surface area contributed by atoms with Crippen molar-refractivity contribution in [2.45, 2.75) is 71.2 Å². The van der Waals surface area contributed by atoms with Crippen LogP contribution in [0.3, 0.4) is 0 Å². The van der Waals surface area contributed by atoms with Gasteiger partial charge in [-0.15, -0.1) is 0 Å². The molecular formula is C20H30O5. The van der Waals surface area contributed by atoms with Crippen molar-refractivity contribution in [1.82, 2.24) is 0 Å². The molecule has 0 unspecified atom stereocenters. The largest absolute Gasteiger partial charge is 0.458 e. The third kappa shape index (κ3) is 4.21. The minimum atomic E-state index is -1.12. The van der Waals surface area contributed by atoms with Crippen molar-refractivity contribution in [3.8, 4) is 0 Å². The zero-order valence-corrected chi connectivity index (χ0v) is 15.6. The van der Waals surface area contributed by atoms with Crippen LogP contribution in [-0.2, 0) is 14.3 Å². The molecule has 5 atom stereocenters. The van der Waals surface area contributed by atoms with Crippen molar-refractivity contribution in [2.24, 2.45) is 17.3 Å². The molecular weight excluding hydrogens is 320 g/mol. The first-order valence-electron chi connectivity index (χ1n) is 8.94. The van der Waals surface area contributed by atoms with Gasteiger partial charge >= 0.3 is 5.97 Å². The molecule has 0 heterocycles. The van der Waals surface area contributed by atoms with Crippen molar-refractivity contribution in [1.29, 1.82) is 0 Å². The molecule has 5 nitrogen and oxygen atoms in total. The maximum atomic E-state index is 12.3. The van der Waals surface area contributed by atoms with Gasteiger partial charge in [-0.3, -0.25) is 4.79 Å². The first-order chi connectivity index (χ1) is 11.5. The number of hydrogen-bond acceptors (Lipinski definition) is 5. The van der Waals surface area contributed by atoms with Crippen molar-refractivity contribution in [2.75, 3.05) is 0 Å². The molecule has 0 spiro atoms. The lowest BCUT2D eigenvalue weighted by atomic mass is 9.54. The second kappa shape index (κ2) is 7.04.